The molecule has 0 saturated carbocycles. The topological polar surface area (TPSA) is 78.9 Å². The van der Waals surface area contributed by atoms with Gasteiger partial charge in [0.2, 0.25) is 0 Å². The summed E-state index contributed by atoms with van der Waals surface area (Å²) in [4.78, 5) is 37.8. The lowest BCUT2D eigenvalue weighted by Crippen LogP contribution is -2.30. The molecule has 0 heterocycles. The molecule has 0 spiro atoms. The van der Waals surface area contributed by atoms with Crippen molar-refractivity contribution >= 4 is 17.9 Å². The summed E-state index contributed by atoms with van der Waals surface area (Å²) in [5.74, 6) is -0.847. The molecular formula is C49H94O6. The summed E-state index contributed by atoms with van der Waals surface area (Å²) < 4.78 is 16.7. The van der Waals surface area contributed by atoms with Crippen molar-refractivity contribution in [1.82, 2.24) is 0 Å². The van der Waals surface area contributed by atoms with E-state index in [9.17, 15) is 14.4 Å². The van der Waals surface area contributed by atoms with E-state index in [4.69, 9.17) is 14.2 Å². The minimum absolute atomic E-state index is 0.0622. The summed E-state index contributed by atoms with van der Waals surface area (Å²) in [5.41, 5.74) is 0. The van der Waals surface area contributed by atoms with Crippen molar-refractivity contribution < 1.29 is 28.6 Å². The highest BCUT2D eigenvalue weighted by Crippen LogP contribution is 2.16. The third-order valence-electron chi connectivity index (χ3n) is 11.1. The predicted octanol–water partition coefficient (Wildman–Crippen LogP) is 15.6. The number of esters is 3. The van der Waals surface area contributed by atoms with Gasteiger partial charge in [-0.25, -0.2) is 0 Å². The summed E-state index contributed by atoms with van der Waals surface area (Å²) in [6, 6.07) is 0. The lowest BCUT2D eigenvalue weighted by molar-refractivity contribution is -0.167. The molecule has 0 fully saturated rings. The second-order valence-electron chi connectivity index (χ2n) is 16.7. The molecule has 0 amide bonds. The van der Waals surface area contributed by atoms with Gasteiger partial charge in [0.25, 0.3) is 0 Å². The van der Waals surface area contributed by atoms with Crippen LogP contribution in [0.5, 0.6) is 0 Å². The smallest absolute Gasteiger partial charge is 0.306 e. The Morgan fingerprint density at radius 3 is 0.727 bits per heavy atom. The van der Waals surface area contributed by atoms with Crippen LogP contribution in [0.4, 0.5) is 0 Å². The van der Waals surface area contributed by atoms with Crippen molar-refractivity contribution in [1.29, 1.82) is 0 Å². The summed E-state index contributed by atoms with van der Waals surface area (Å²) in [6.45, 7) is 6.65. The maximum Gasteiger partial charge on any atom is 0.306 e. The molecule has 326 valence electrons. The monoisotopic (exact) mass is 779 g/mol. The van der Waals surface area contributed by atoms with Crippen molar-refractivity contribution in [2.45, 2.75) is 284 Å². The van der Waals surface area contributed by atoms with Crippen molar-refractivity contribution in [2.75, 3.05) is 13.2 Å². The van der Waals surface area contributed by atoms with E-state index in [0.717, 1.165) is 57.8 Å². The largest absolute Gasteiger partial charge is 0.462 e. The molecule has 55 heavy (non-hydrogen) atoms. The molecule has 0 aromatic carbocycles. The van der Waals surface area contributed by atoms with Crippen LogP contribution < -0.4 is 0 Å². The number of hydrogen-bond acceptors (Lipinski definition) is 6. The van der Waals surface area contributed by atoms with Crippen molar-refractivity contribution in [3.8, 4) is 0 Å². The summed E-state index contributed by atoms with van der Waals surface area (Å²) in [6.07, 6.45) is 46.5. The molecule has 0 aliphatic heterocycles. The van der Waals surface area contributed by atoms with Crippen LogP contribution in [0, 0.1) is 0 Å². The Kier molecular flexibility index (Phi) is 43.8. The normalized spacial score (nSPS) is 11.8. The highest BCUT2D eigenvalue weighted by molar-refractivity contribution is 5.71. The second kappa shape index (κ2) is 45.1. The van der Waals surface area contributed by atoms with E-state index in [1.165, 1.54) is 180 Å². The van der Waals surface area contributed by atoms with E-state index >= 15 is 0 Å². The van der Waals surface area contributed by atoms with E-state index in [1.54, 1.807) is 0 Å². The molecule has 0 aromatic rings. The van der Waals surface area contributed by atoms with Gasteiger partial charge in [-0.1, -0.05) is 239 Å². The fourth-order valence-electron chi connectivity index (χ4n) is 7.38. The minimum atomic E-state index is -0.758. The number of hydrogen-bond donors (Lipinski definition) is 0. The predicted molar refractivity (Wildman–Crippen MR) is 233 cm³/mol. The number of carbonyl (C=O) groups is 3. The maximum absolute atomic E-state index is 12.7. The van der Waals surface area contributed by atoms with Gasteiger partial charge in [0, 0.05) is 19.3 Å². The van der Waals surface area contributed by atoms with Crippen LogP contribution in [0.2, 0.25) is 0 Å². The molecule has 0 saturated heterocycles. The zero-order valence-electron chi connectivity index (χ0n) is 37.2. The minimum Gasteiger partial charge on any atom is -0.462 e. The van der Waals surface area contributed by atoms with Gasteiger partial charge in [0.15, 0.2) is 6.10 Å². The molecule has 0 rings (SSSR count). The fourth-order valence-corrected chi connectivity index (χ4v) is 7.38. The van der Waals surface area contributed by atoms with Crippen LogP contribution in [0.25, 0.3) is 0 Å². The Bertz CT molecular complexity index is 813. The molecule has 0 aliphatic carbocycles. The average molecular weight is 779 g/mol. The third kappa shape index (κ3) is 43.4. The molecular weight excluding hydrogens is 685 g/mol. The van der Waals surface area contributed by atoms with E-state index in [1.807, 2.05) is 0 Å². The van der Waals surface area contributed by atoms with Gasteiger partial charge < -0.3 is 14.2 Å². The number of unbranched alkanes of at least 4 members (excludes halogenated alkanes) is 34. The lowest BCUT2D eigenvalue weighted by Gasteiger charge is -2.18. The first-order chi connectivity index (χ1) is 27.0. The number of rotatable bonds is 45. The summed E-state index contributed by atoms with van der Waals surface area (Å²) >= 11 is 0. The number of carbonyl (C=O) groups excluding carboxylic acids is 3. The van der Waals surface area contributed by atoms with Crippen molar-refractivity contribution in [2.24, 2.45) is 0 Å². The molecule has 0 bridgehead atoms. The van der Waals surface area contributed by atoms with Gasteiger partial charge in [0.05, 0.1) is 0 Å². The standard InChI is InChI=1S/C49H94O6/c1-4-7-10-13-16-19-22-24-25-26-28-30-33-36-39-42-48(51)54-45-46(44-53-47(50)41-38-35-32-29-21-18-15-12-9-6-3)55-49(52)43-40-37-34-31-27-23-20-17-14-11-8-5-2/h46H,4-45H2,1-3H3. The Balaban J connectivity index is 4.28. The van der Waals surface area contributed by atoms with E-state index in [0.29, 0.717) is 19.3 Å². The van der Waals surface area contributed by atoms with Gasteiger partial charge in [-0.3, -0.25) is 14.4 Å². The Hall–Kier alpha value is -1.59. The van der Waals surface area contributed by atoms with Crippen LogP contribution in [-0.2, 0) is 28.6 Å². The molecule has 0 N–H and O–H groups in total. The highest BCUT2D eigenvalue weighted by Gasteiger charge is 2.19. The van der Waals surface area contributed by atoms with Gasteiger partial charge in [-0.2, -0.15) is 0 Å². The van der Waals surface area contributed by atoms with Crippen molar-refractivity contribution in [3.05, 3.63) is 0 Å². The molecule has 1 atom stereocenters. The first kappa shape index (κ1) is 53.4. The van der Waals surface area contributed by atoms with E-state index in [2.05, 4.69) is 20.8 Å². The van der Waals surface area contributed by atoms with Gasteiger partial charge >= 0.3 is 17.9 Å². The van der Waals surface area contributed by atoms with Crippen molar-refractivity contribution in [3.63, 3.8) is 0 Å². The zero-order chi connectivity index (χ0) is 40.1. The average Bonchev–Trinajstić information content (AvgIpc) is 3.18. The SMILES string of the molecule is CCCCCCCCCCCCCCCCCC(=O)OCC(COC(=O)CCCCCCCCCCCC)OC(=O)CCCCCCCCCCCCCC. The highest BCUT2D eigenvalue weighted by atomic mass is 16.6. The maximum atomic E-state index is 12.7. The Morgan fingerprint density at radius 1 is 0.291 bits per heavy atom. The van der Waals surface area contributed by atoms with E-state index in [-0.39, 0.29) is 31.1 Å². The second-order valence-corrected chi connectivity index (χ2v) is 16.7. The third-order valence-corrected chi connectivity index (χ3v) is 11.1. The van der Waals surface area contributed by atoms with Crippen LogP contribution in [0.1, 0.15) is 278 Å². The molecule has 0 aliphatic rings. The number of ether oxygens (including phenoxy) is 3. The summed E-state index contributed by atoms with van der Waals surface area (Å²) in [5, 5.41) is 0. The van der Waals surface area contributed by atoms with Gasteiger partial charge in [-0.15, -0.1) is 0 Å². The molecule has 6 heteroatoms. The molecule has 0 radical (unpaired) electrons. The van der Waals surface area contributed by atoms with Crippen LogP contribution >= 0.6 is 0 Å². The first-order valence-electron chi connectivity index (χ1n) is 24.5. The molecule has 6 nitrogen and oxygen atoms in total. The van der Waals surface area contributed by atoms with Crippen LogP contribution in [0.3, 0.4) is 0 Å². The van der Waals surface area contributed by atoms with E-state index < -0.39 is 6.10 Å². The fraction of sp³-hybridized carbons (Fsp3) is 0.939. The molecule has 1 unspecified atom stereocenters. The van der Waals surface area contributed by atoms with Gasteiger partial charge in [0.1, 0.15) is 13.2 Å². The molecule has 0 aromatic heterocycles. The van der Waals surface area contributed by atoms with Crippen LogP contribution in [-0.4, -0.2) is 37.2 Å². The Morgan fingerprint density at radius 2 is 0.491 bits per heavy atom. The van der Waals surface area contributed by atoms with Crippen LogP contribution in [0.15, 0.2) is 0 Å². The van der Waals surface area contributed by atoms with Gasteiger partial charge in [-0.05, 0) is 19.3 Å². The quantitative estimate of drug-likeness (QED) is 0.0348. The lowest BCUT2D eigenvalue weighted by atomic mass is 10.0. The summed E-state index contributed by atoms with van der Waals surface area (Å²) in [7, 11) is 0. The first-order valence-corrected chi connectivity index (χ1v) is 24.5. The zero-order valence-corrected chi connectivity index (χ0v) is 37.2. The Labute approximate surface area is 342 Å².